The van der Waals surface area contributed by atoms with Gasteiger partial charge in [-0.3, -0.25) is 0 Å². The molecule has 25 heavy (non-hydrogen) atoms. The smallest absolute Gasteiger partial charge is 0.162 e. The van der Waals surface area contributed by atoms with E-state index >= 15 is 0 Å². The minimum atomic E-state index is -0.335. The van der Waals surface area contributed by atoms with Gasteiger partial charge < -0.3 is 5.32 Å². The molecule has 4 aromatic rings. The fraction of sp³-hybridized carbons (Fsp3) is 0. The molecule has 0 saturated heterocycles. The minimum Gasteiger partial charge on any atom is -0.337 e. The fourth-order valence-electron chi connectivity index (χ4n) is 2.59. The van der Waals surface area contributed by atoms with Crippen molar-refractivity contribution in [2.75, 3.05) is 5.32 Å². The summed E-state index contributed by atoms with van der Waals surface area (Å²) < 4.78 is 14.0. The average molecular weight is 350 g/mol. The highest BCUT2D eigenvalue weighted by Gasteiger charge is 2.11. The Hall–Kier alpha value is -2.98. The van der Waals surface area contributed by atoms with Crippen LogP contribution in [0.5, 0.6) is 0 Å². The Kier molecular flexibility index (Phi) is 4.04. The molecule has 0 unspecified atom stereocenters. The molecule has 0 radical (unpaired) electrons. The van der Waals surface area contributed by atoms with Crippen molar-refractivity contribution in [3.8, 4) is 11.4 Å². The largest absolute Gasteiger partial charge is 0.337 e. The van der Waals surface area contributed by atoms with Crippen LogP contribution in [0.4, 0.5) is 15.9 Å². The van der Waals surface area contributed by atoms with Crippen molar-refractivity contribution in [1.82, 2.24) is 9.97 Å². The van der Waals surface area contributed by atoms with Crippen LogP contribution >= 0.6 is 11.6 Å². The van der Waals surface area contributed by atoms with Crippen molar-refractivity contribution >= 4 is 34.0 Å². The molecule has 0 amide bonds. The zero-order chi connectivity index (χ0) is 17.2. The van der Waals surface area contributed by atoms with E-state index in [0.29, 0.717) is 22.4 Å². The Morgan fingerprint density at radius 3 is 2.32 bits per heavy atom. The number of fused-ring (bicyclic) bond motifs is 1. The first-order valence-corrected chi connectivity index (χ1v) is 8.13. The van der Waals surface area contributed by atoms with Crippen LogP contribution in [0.2, 0.25) is 5.02 Å². The summed E-state index contributed by atoms with van der Waals surface area (Å²) in [5.41, 5.74) is 1.99. The van der Waals surface area contributed by atoms with Crippen LogP contribution < -0.4 is 5.32 Å². The van der Waals surface area contributed by atoms with E-state index in [0.717, 1.165) is 16.5 Å². The maximum atomic E-state index is 14.0. The van der Waals surface area contributed by atoms with Gasteiger partial charge in [-0.1, -0.05) is 35.9 Å². The summed E-state index contributed by atoms with van der Waals surface area (Å²) in [6, 6.07) is 21.4. The van der Waals surface area contributed by atoms with Gasteiger partial charge in [0, 0.05) is 16.0 Å². The molecule has 1 aromatic heterocycles. The van der Waals surface area contributed by atoms with Gasteiger partial charge >= 0.3 is 0 Å². The lowest BCUT2D eigenvalue weighted by atomic mass is 10.2. The third kappa shape index (κ3) is 3.16. The Labute approximate surface area is 149 Å². The second-order valence-corrected chi connectivity index (χ2v) is 5.96. The van der Waals surface area contributed by atoms with Crippen LogP contribution in [0.1, 0.15) is 0 Å². The molecule has 0 atom stereocenters. The van der Waals surface area contributed by atoms with Gasteiger partial charge in [0.15, 0.2) is 5.82 Å². The van der Waals surface area contributed by atoms with E-state index in [2.05, 4.69) is 15.3 Å². The molecule has 1 N–H and O–H groups in total. The number of rotatable bonds is 3. The standard InChI is InChI=1S/C20H13ClFN3/c21-14-11-9-13(10-12-14)19-23-17-7-3-1-5-15(17)20(25-19)24-18-8-4-2-6-16(18)22/h1-12H,(H,23,24,25). The van der Waals surface area contributed by atoms with Gasteiger partial charge in [-0.15, -0.1) is 0 Å². The zero-order valence-corrected chi connectivity index (χ0v) is 13.8. The lowest BCUT2D eigenvalue weighted by Crippen LogP contribution is -2.00. The van der Waals surface area contributed by atoms with E-state index in [1.807, 2.05) is 36.4 Å². The van der Waals surface area contributed by atoms with E-state index < -0.39 is 0 Å². The van der Waals surface area contributed by atoms with Crippen molar-refractivity contribution in [3.63, 3.8) is 0 Å². The number of nitrogens with one attached hydrogen (secondary N) is 1. The molecule has 0 saturated carbocycles. The Morgan fingerprint density at radius 2 is 1.52 bits per heavy atom. The maximum absolute atomic E-state index is 14.0. The van der Waals surface area contributed by atoms with E-state index in [1.165, 1.54) is 6.07 Å². The molecule has 1 heterocycles. The fourth-order valence-corrected chi connectivity index (χ4v) is 2.72. The number of benzene rings is 3. The topological polar surface area (TPSA) is 37.8 Å². The number of hydrogen-bond acceptors (Lipinski definition) is 3. The van der Waals surface area contributed by atoms with Crippen LogP contribution in [0.3, 0.4) is 0 Å². The lowest BCUT2D eigenvalue weighted by Gasteiger charge is -2.11. The summed E-state index contributed by atoms with van der Waals surface area (Å²) in [6.07, 6.45) is 0. The highest BCUT2D eigenvalue weighted by molar-refractivity contribution is 6.30. The predicted molar refractivity (Wildman–Crippen MR) is 99.7 cm³/mol. The van der Waals surface area contributed by atoms with Gasteiger partial charge in [0.2, 0.25) is 0 Å². The van der Waals surface area contributed by atoms with Gasteiger partial charge in [-0.05, 0) is 48.5 Å². The summed E-state index contributed by atoms with van der Waals surface area (Å²) in [5, 5.41) is 4.55. The Balaban J connectivity index is 1.87. The van der Waals surface area contributed by atoms with Crippen molar-refractivity contribution in [2.24, 2.45) is 0 Å². The third-order valence-electron chi connectivity index (χ3n) is 3.83. The van der Waals surface area contributed by atoms with Crippen molar-refractivity contribution in [1.29, 1.82) is 0 Å². The van der Waals surface area contributed by atoms with E-state index in [4.69, 9.17) is 11.6 Å². The monoisotopic (exact) mass is 349 g/mol. The van der Waals surface area contributed by atoms with Gasteiger partial charge in [0.05, 0.1) is 11.2 Å². The number of anilines is 2. The molecular weight excluding hydrogens is 337 g/mol. The highest BCUT2D eigenvalue weighted by atomic mass is 35.5. The van der Waals surface area contributed by atoms with Crippen LogP contribution in [0, 0.1) is 5.82 Å². The molecule has 3 nitrogen and oxygen atoms in total. The summed E-state index contributed by atoms with van der Waals surface area (Å²) in [4.78, 5) is 9.22. The van der Waals surface area contributed by atoms with Crippen molar-refractivity contribution in [3.05, 3.63) is 83.6 Å². The Bertz CT molecular complexity index is 1050. The van der Waals surface area contributed by atoms with Crippen LogP contribution in [-0.2, 0) is 0 Å². The third-order valence-corrected chi connectivity index (χ3v) is 4.08. The highest BCUT2D eigenvalue weighted by Crippen LogP contribution is 2.28. The molecular formula is C20H13ClFN3. The van der Waals surface area contributed by atoms with E-state index in [1.54, 1.807) is 30.3 Å². The normalized spacial score (nSPS) is 10.8. The quantitative estimate of drug-likeness (QED) is 0.505. The zero-order valence-electron chi connectivity index (χ0n) is 13.1. The Morgan fingerprint density at radius 1 is 0.800 bits per heavy atom. The molecule has 3 aromatic carbocycles. The first-order chi connectivity index (χ1) is 12.2. The minimum absolute atomic E-state index is 0.335. The average Bonchev–Trinajstić information content (AvgIpc) is 2.64. The molecule has 0 spiro atoms. The second kappa shape index (κ2) is 6.49. The first kappa shape index (κ1) is 15.5. The predicted octanol–water partition coefficient (Wildman–Crippen LogP) is 5.83. The molecule has 122 valence electrons. The summed E-state index contributed by atoms with van der Waals surface area (Å²) >= 11 is 5.96. The van der Waals surface area contributed by atoms with Crippen molar-refractivity contribution < 1.29 is 4.39 Å². The van der Waals surface area contributed by atoms with Gasteiger partial charge in [0.25, 0.3) is 0 Å². The van der Waals surface area contributed by atoms with Crippen LogP contribution in [0.25, 0.3) is 22.3 Å². The molecule has 0 aliphatic rings. The molecule has 0 bridgehead atoms. The van der Waals surface area contributed by atoms with Crippen molar-refractivity contribution in [2.45, 2.75) is 0 Å². The summed E-state index contributed by atoms with van der Waals surface area (Å²) in [7, 11) is 0. The first-order valence-electron chi connectivity index (χ1n) is 7.75. The molecule has 0 aliphatic carbocycles. The SMILES string of the molecule is Fc1ccccc1Nc1nc(-c2ccc(Cl)cc2)nc2ccccc12. The van der Waals surface area contributed by atoms with Gasteiger partial charge in [0.1, 0.15) is 11.6 Å². The van der Waals surface area contributed by atoms with Crippen LogP contribution in [0.15, 0.2) is 72.8 Å². The molecule has 4 rings (SSSR count). The molecule has 0 aliphatic heterocycles. The van der Waals surface area contributed by atoms with Crippen LogP contribution in [-0.4, -0.2) is 9.97 Å². The summed E-state index contributed by atoms with van der Waals surface area (Å²) in [5.74, 6) is 0.771. The lowest BCUT2D eigenvalue weighted by molar-refractivity contribution is 0.632. The second-order valence-electron chi connectivity index (χ2n) is 5.52. The number of aromatic nitrogens is 2. The van der Waals surface area contributed by atoms with E-state index in [9.17, 15) is 4.39 Å². The number of nitrogens with zero attached hydrogens (tertiary/aromatic N) is 2. The molecule has 5 heteroatoms. The van der Waals surface area contributed by atoms with E-state index in [-0.39, 0.29) is 5.82 Å². The van der Waals surface area contributed by atoms with Gasteiger partial charge in [-0.2, -0.15) is 0 Å². The maximum Gasteiger partial charge on any atom is 0.162 e. The number of para-hydroxylation sites is 2. The number of hydrogen-bond donors (Lipinski definition) is 1. The van der Waals surface area contributed by atoms with Gasteiger partial charge in [-0.25, -0.2) is 14.4 Å². The summed E-state index contributed by atoms with van der Waals surface area (Å²) in [6.45, 7) is 0. The number of halogens is 2. The molecule has 0 fully saturated rings.